The number of methoxy groups -OCH3 is 1. The van der Waals surface area contributed by atoms with Crippen LogP contribution in [0.15, 0.2) is 18.2 Å². The second kappa shape index (κ2) is 3.86. The summed E-state index contributed by atoms with van der Waals surface area (Å²) in [5.74, 6) is -0.588. The SMILES string of the molecule is COC(=O)c1nc2cccc([N+](=O)[O-])c2s1. The summed E-state index contributed by atoms with van der Waals surface area (Å²) in [6.45, 7) is 0. The number of esters is 1. The molecule has 16 heavy (non-hydrogen) atoms. The van der Waals surface area contributed by atoms with Crippen molar-refractivity contribution in [1.82, 2.24) is 4.98 Å². The topological polar surface area (TPSA) is 82.3 Å². The van der Waals surface area contributed by atoms with Gasteiger partial charge in [-0.2, -0.15) is 0 Å². The Balaban J connectivity index is 2.65. The highest BCUT2D eigenvalue weighted by molar-refractivity contribution is 7.20. The summed E-state index contributed by atoms with van der Waals surface area (Å²) in [5.41, 5.74) is 0.379. The van der Waals surface area contributed by atoms with Crippen molar-refractivity contribution < 1.29 is 14.5 Å². The fourth-order valence-electron chi connectivity index (χ4n) is 1.25. The molecule has 82 valence electrons. The van der Waals surface area contributed by atoms with Crippen molar-refractivity contribution in [2.75, 3.05) is 7.11 Å². The number of ether oxygens (including phenoxy) is 1. The predicted molar refractivity (Wildman–Crippen MR) is 57.6 cm³/mol. The van der Waals surface area contributed by atoms with Crippen molar-refractivity contribution in [2.24, 2.45) is 0 Å². The molecule has 2 aromatic rings. The molecule has 1 aromatic carbocycles. The fourth-order valence-corrected chi connectivity index (χ4v) is 2.22. The van der Waals surface area contributed by atoms with Gasteiger partial charge in [-0.25, -0.2) is 9.78 Å². The van der Waals surface area contributed by atoms with Gasteiger partial charge in [0.05, 0.1) is 17.5 Å². The summed E-state index contributed by atoms with van der Waals surface area (Å²) in [6, 6.07) is 4.52. The first kappa shape index (κ1) is 10.5. The summed E-state index contributed by atoms with van der Waals surface area (Å²) in [7, 11) is 1.24. The van der Waals surface area contributed by atoms with Crippen LogP contribution in [0.5, 0.6) is 0 Å². The van der Waals surface area contributed by atoms with Gasteiger partial charge in [0.25, 0.3) is 5.69 Å². The highest BCUT2D eigenvalue weighted by atomic mass is 32.1. The lowest BCUT2D eigenvalue weighted by Crippen LogP contribution is -1.99. The molecule has 6 nitrogen and oxygen atoms in total. The molecule has 0 saturated carbocycles. The van der Waals surface area contributed by atoms with Crippen LogP contribution in [-0.2, 0) is 4.74 Å². The number of thiazole rings is 1. The Bertz CT molecular complexity index is 578. The van der Waals surface area contributed by atoms with Gasteiger partial charge in [-0.15, -0.1) is 0 Å². The minimum Gasteiger partial charge on any atom is -0.464 e. The van der Waals surface area contributed by atoms with Gasteiger partial charge in [-0.1, -0.05) is 17.4 Å². The number of benzene rings is 1. The number of nitro benzene ring substituents is 1. The van der Waals surface area contributed by atoms with Gasteiger partial charge in [0.15, 0.2) is 0 Å². The number of carbonyl (C=O) groups excluding carboxylic acids is 1. The number of hydrogen-bond acceptors (Lipinski definition) is 6. The Hall–Kier alpha value is -2.02. The van der Waals surface area contributed by atoms with Gasteiger partial charge in [-0.3, -0.25) is 10.1 Å². The smallest absolute Gasteiger partial charge is 0.367 e. The van der Waals surface area contributed by atoms with E-state index in [1.807, 2.05) is 0 Å². The van der Waals surface area contributed by atoms with E-state index in [4.69, 9.17) is 0 Å². The maximum absolute atomic E-state index is 11.2. The fraction of sp³-hybridized carbons (Fsp3) is 0.111. The van der Waals surface area contributed by atoms with E-state index in [0.717, 1.165) is 11.3 Å². The monoisotopic (exact) mass is 238 g/mol. The van der Waals surface area contributed by atoms with Crippen LogP contribution in [0.25, 0.3) is 10.2 Å². The molecule has 0 aliphatic rings. The Morgan fingerprint density at radius 3 is 2.94 bits per heavy atom. The molecule has 0 bridgehead atoms. The third-order valence-electron chi connectivity index (χ3n) is 1.95. The lowest BCUT2D eigenvalue weighted by atomic mass is 10.3. The molecule has 0 radical (unpaired) electrons. The van der Waals surface area contributed by atoms with Crippen molar-refractivity contribution >= 4 is 33.2 Å². The Labute approximate surface area is 93.6 Å². The van der Waals surface area contributed by atoms with Gasteiger partial charge in [0.1, 0.15) is 4.70 Å². The number of non-ortho nitro benzene ring substituents is 1. The first-order valence-electron chi connectivity index (χ1n) is 4.25. The molecule has 0 aliphatic carbocycles. The molecule has 0 amide bonds. The second-order valence-electron chi connectivity index (χ2n) is 2.89. The first-order chi connectivity index (χ1) is 7.63. The largest absolute Gasteiger partial charge is 0.464 e. The highest BCUT2D eigenvalue weighted by Crippen LogP contribution is 2.30. The van der Waals surface area contributed by atoms with Crippen molar-refractivity contribution in [3.05, 3.63) is 33.3 Å². The number of hydrogen-bond donors (Lipinski definition) is 0. The number of aromatic nitrogens is 1. The molecule has 0 N–H and O–H groups in total. The summed E-state index contributed by atoms with van der Waals surface area (Å²) in [4.78, 5) is 25.4. The van der Waals surface area contributed by atoms with E-state index in [0.29, 0.717) is 10.2 Å². The zero-order valence-corrected chi connectivity index (χ0v) is 8.98. The van der Waals surface area contributed by atoms with E-state index < -0.39 is 10.9 Å². The van der Waals surface area contributed by atoms with Crippen molar-refractivity contribution in [3.8, 4) is 0 Å². The van der Waals surface area contributed by atoms with Gasteiger partial charge >= 0.3 is 5.97 Å². The zero-order valence-electron chi connectivity index (χ0n) is 8.17. The van der Waals surface area contributed by atoms with Crippen LogP contribution < -0.4 is 0 Å². The number of carbonyl (C=O) groups is 1. The molecule has 0 spiro atoms. The quantitative estimate of drug-likeness (QED) is 0.454. The molecule has 0 aliphatic heterocycles. The first-order valence-corrected chi connectivity index (χ1v) is 5.07. The Morgan fingerprint density at radius 1 is 1.56 bits per heavy atom. The summed E-state index contributed by atoms with van der Waals surface area (Å²) in [5, 5.41) is 10.8. The summed E-state index contributed by atoms with van der Waals surface area (Å²) >= 11 is 0.958. The van der Waals surface area contributed by atoms with Crippen LogP contribution in [0, 0.1) is 10.1 Å². The average molecular weight is 238 g/mol. The number of nitrogens with zero attached hydrogens (tertiary/aromatic N) is 2. The van der Waals surface area contributed by atoms with E-state index in [1.54, 1.807) is 6.07 Å². The standard InChI is InChI=1S/C9H6N2O4S/c1-15-9(12)8-10-5-3-2-4-6(11(13)14)7(5)16-8/h2-4H,1H3. The minimum atomic E-state index is -0.588. The minimum absolute atomic E-state index is 0.0508. The van der Waals surface area contributed by atoms with E-state index in [9.17, 15) is 14.9 Å². The van der Waals surface area contributed by atoms with Crippen molar-refractivity contribution in [1.29, 1.82) is 0 Å². The molecule has 0 unspecified atom stereocenters. The van der Waals surface area contributed by atoms with Gasteiger partial charge in [0.2, 0.25) is 5.01 Å². The van der Waals surface area contributed by atoms with Crippen LogP contribution in [0.2, 0.25) is 0 Å². The zero-order chi connectivity index (χ0) is 11.7. The number of rotatable bonds is 2. The third-order valence-corrected chi connectivity index (χ3v) is 3.02. The summed E-state index contributed by atoms with van der Waals surface area (Å²) < 4.78 is 4.89. The van der Waals surface area contributed by atoms with E-state index in [-0.39, 0.29) is 10.7 Å². The van der Waals surface area contributed by atoms with Crippen LogP contribution in [0.1, 0.15) is 9.80 Å². The van der Waals surface area contributed by atoms with Crippen LogP contribution in [-0.4, -0.2) is 23.0 Å². The molecular formula is C9H6N2O4S. The van der Waals surface area contributed by atoms with Crippen molar-refractivity contribution in [3.63, 3.8) is 0 Å². The number of fused-ring (bicyclic) bond motifs is 1. The molecule has 0 fully saturated rings. The molecule has 1 heterocycles. The lowest BCUT2D eigenvalue weighted by Gasteiger charge is -1.90. The molecular weight excluding hydrogens is 232 g/mol. The summed E-state index contributed by atoms with van der Waals surface area (Å²) in [6.07, 6.45) is 0. The molecule has 0 saturated heterocycles. The normalized spacial score (nSPS) is 10.3. The van der Waals surface area contributed by atoms with E-state index in [1.165, 1.54) is 19.2 Å². The molecule has 1 aromatic heterocycles. The highest BCUT2D eigenvalue weighted by Gasteiger charge is 2.19. The average Bonchev–Trinajstić information content (AvgIpc) is 2.70. The Morgan fingerprint density at radius 2 is 2.31 bits per heavy atom. The van der Waals surface area contributed by atoms with Gasteiger partial charge in [-0.05, 0) is 6.07 Å². The van der Waals surface area contributed by atoms with Crippen LogP contribution in [0.4, 0.5) is 5.69 Å². The van der Waals surface area contributed by atoms with Crippen LogP contribution in [0.3, 0.4) is 0 Å². The van der Waals surface area contributed by atoms with E-state index in [2.05, 4.69) is 9.72 Å². The molecule has 2 rings (SSSR count). The maximum atomic E-state index is 11.2. The second-order valence-corrected chi connectivity index (χ2v) is 3.89. The predicted octanol–water partition coefficient (Wildman–Crippen LogP) is 1.99. The van der Waals surface area contributed by atoms with Gasteiger partial charge < -0.3 is 4.74 Å². The Kier molecular flexibility index (Phi) is 2.53. The maximum Gasteiger partial charge on any atom is 0.367 e. The lowest BCUT2D eigenvalue weighted by molar-refractivity contribution is -0.382. The molecule has 7 heteroatoms. The van der Waals surface area contributed by atoms with Crippen molar-refractivity contribution in [2.45, 2.75) is 0 Å². The van der Waals surface area contributed by atoms with Gasteiger partial charge in [0, 0.05) is 6.07 Å². The van der Waals surface area contributed by atoms with E-state index >= 15 is 0 Å². The van der Waals surface area contributed by atoms with Crippen LogP contribution >= 0.6 is 11.3 Å². The molecule has 0 atom stereocenters. The number of nitro groups is 1. The third kappa shape index (κ3) is 1.61.